The summed E-state index contributed by atoms with van der Waals surface area (Å²) in [7, 11) is 0. The second kappa shape index (κ2) is 12.1. The van der Waals surface area contributed by atoms with Gasteiger partial charge in [0.05, 0.1) is 6.10 Å². The summed E-state index contributed by atoms with van der Waals surface area (Å²) >= 11 is 0. The number of halogens is 2. The number of carbonyl (C=O) groups excluding carboxylic acids is 1. The van der Waals surface area contributed by atoms with Crippen LogP contribution in [-0.2, 0) is 9.59 Å². The molecule has 0 aliphatic heterocycles. The second-order valence-corrected chi connectivity index (χ2v) is 6.10. The Morgan fingerprint density at radius 3 is 2.24 bits per heavy atom. The SMILES string of the molecule is CCC(=O)CCCCCC/C=C/CC(O)C(O)C(N)(C(=O)O)C(F)F. The van der Waals surface area contributed by atoms with Crippen molar-refractivity contribution >= 4 is 11.8 Å². The van der Waals surface area contributed by atoms with Crippen LogP contribution in [0.3, 0.4) is 0 Å². The van der Waals surface area contributed by atoms with Crippen LogP contribution in [0.15, 0.2) is 12.2 Å². The van der Waals surface area contributed by atoms with Crippen LogP contribution in [0, 0.1) is 0 Å². The van der Waals surface area contributed by atoms with E-state index >= 15 is 0 Å². The molecule has 0 radical (unpaired) electrons. The number of aliphatic hydroxyl groups excluding tert-OH is 2. The number of allylic oxidation sites excluding steroid dienone is 1. The van der Waals surface area contributed by atoms with Gasteiger partial charge in [0.25, 0.3) is 6.43 Å². The molecule has 0 aromatic heterocycles. The molecule has 0 bridgehead atoms. The summed E-state index contributed by atoms with van der Waals surface area (Å²) in [6, 6.07) is 0. The number of ketones is 1. The van der Waals surface area contributed by atoms with Crippen LogP contribution in [0.2, 0.25) is 0 Å². The van der Waals surface area contributed by atoms with Crippen LogP contribution >= 0.6 is 0 Å². The molecule has 0 saturated heterocycles. The highest BCUT2D eigenvalue weighted by molar-refractivity contribution is 5.80. The number of carboxylic acid groups (broad SMARTS) is 1. The van der Waals surface area contributed by atoms with Crippen molar-refractivity contribution in [1.29, 1.82) is 0 Å². The van der Waals surface area contributed by atoms with E-state index in [0.717, 1.165) is 25.7 Å². The molecule has 0 saturated carbocycles. The highest BCUT2D eigenvalue weighted by Gasteiger charge is 2.52. The zero-order chi connectivity index (χ0) is 19.5. The predicted octanol–water partition coefficient (Wildman–Crippen LogP) is 2.02. The van der Waals surface area contributed by atoms with Crippen LogP contribution in [0.1, 0.15) is 58.3 Å². The fourth-order valence-electron chi connectivity index (χ4n) is 2.26. The summed E-state index contributed by atoms with van der Waals surface area (Å²) in [6.45, 7) is 1.84. The van der Waals surface area contributed by atoms with E-state index in [9.17, 15) is 28.6 Å². The van der Waals surface area contributed by atoms with Gasteiger partial charge in [0.2, 0.25) is 5.54 Å². The number of unbranched alkanes of at least 4 members (excludes halogenated alkanes) is 4. The third-order valence-corrected chi connectivity index (χ3v) is 4.10. The summed E-state index contributed by atoms with van der Waals surface area (Å²) in [5, 5.41) is 28.1. The quantitative estimate of drug-likeness (QED) is 0.276. The number of rotatable bonds is 14. The van der Waals surface area contributed by atoms with E-state index in [1.807, 2.05) is 6.92 Å². The van der Waals surface area contributed by atoms with Crippen molar-refractivity contribution in [3.63, 3.8) is 0 Å². The molecule has 0 aromatic rings. The van der Waals surface area contributed by atoms with E-state index in [2.05, 4.69) is 0 Å². The van der Waals surface area contributed by atoms with E-state index < -0.39 is 30.1 Å². The molecule has 0 aromatic carbocycles. The van der Waals surface area contributed by atoms with Gasteiger partial charge in [-0.15, -0.1) is 0 Å². The maximum atomic E-state index is 12.8. The standard InChI is InChI=1S/C17H29F2NO5/c1-2-12(21)10-8-6-4-3-5-7-9-11-13(22)14(23)17(20,15(18)19)16(24)25/h7,9,13-15,22-23H,2-6,8,10-11,20H2,1H3,(H,24,25)/b9-7+. The molecule has 25 heavy (non-hydrogen) atoms. The van der Waals surface area contributed by atoms with Crippen LogP contribution < -0.4 is 5.73 Å². The van der Waals surface area contributed by atoms with Crippen molar-refractivity contribution < 1.29 is 33.7 Å². The maximum absolute atomic E-state index is 12.8. The fourth-order valence-corrected chi connectivity index (χ4v) is 2.26. The van der Waals surface area contributed by atoms with E-state index in [-0.39, 0.29) is 12.2 Å². The Balaban J connectivity index is 4.08. The number of hydrogen-bond acceptors (Lipinski definition) is 5. The highest BCUT2D eigenvalue weighted by atomic mass is 19.3. The minimum absolute atomic E-state index is 0.175. The zero-order valence-corrected chi connectivity index (χ0v) is 14.5. The molecule has 3 atom stereocenters. The van der Waals surface area contributed by atoms with Gasteiger partial charge >= 0.3 is 5.97 Å². The molecule has 8 heteroatoms. The Kier molecular flexibility index (Phi) is 11.4. The van der Waals surface area contributed by atoms with Crippen LogP contribution in [0.5, 0.6) is 0 Å². The summed E-state index contributed by atoms with van der Waals surface area (Å²) in [5.74, 6) is -1.81. The lowest BCUT2D eigenvalue weighted by Gasteiger charge is -2.31. The van der Waals surface area contributed by atoms with Crippen molar-refractivity contribution in [3.05, 3.63) is 12.2 Å². The number of carboxylic acids is 1. The van der Waals surface area contributed by atoms with Crippen LogP contribution in [0.4, 0.5) is 8.78 Å². The number of carbonyl (C=O) groups is 2. The van der Waals surface area contributed by atoms with Gasteiger partial charge in [0.15, 0.2) is 0 Å². The smallest absolute Gasteiger partial charge is 0.332 e. The normalized spacial score (nSPS) is 16.8. The van der Waals surface area contributed by atoms with Gasteiger partial charge in [-0.1, -0.05) is 31.9 Å². The predicted molar refractivity (Wildman–Crippen MR) is 89.3 cm³/mol. The average Bonchev–Trinajstić information content (AvgIpc) is 2.57. The molecule has 5 N–H and O–H groups in total. The van der Waals surface area contributed by atoms with Crippen molar-refractivity contribution in [2.45, 2.75) is 82.5 Å². The lowest BCUT2D eigenvalue weighted by molar-refractivity contribution is -0.163. The first kappa shape index (κ1) is 23.6. The Labute approximate surface area is 146 Å². The van der Waals surface area contributed by atoms with Crippen LogP contribution in [0.25, 0.3) is 0 Å². The van der Waals surface area contributed by atoms with E-state index in [4.69, 9.17) is 10.8 Å². The van der Waals surface area contributed by atoms with Crippen molar-refractivity contribution in [1.82, 2.24) is 0 Å². The molecule has 0 aliphatic rings. The number of aliphatic carboxylic acids is 1. The zero-order valence-electron chi connectivity index (χ0n) is 14.5. The topological polar surface area (TPSA) is 121 Å². The maximum Gasteiger partial charge on any atom is 0.332 e. The van der Waals surface area contributed by atoms with Gasteiger partial charge in [-0.3, -0.25) is 4.79 Å². The van der Waals surface area contributed by atoms with Crippen molar-refractivity contribution in [2.24, 2.45) is 5.73 Å². The second-order valence-electron chi connectivity index (χ2n) is 6.10. The molecule has 0 rings (SSSR count). The van der Waals surface area contributed by atoms with Crippen LogP contribution in [-0.4, -0.2) is 51.2 Å². The number of alkyl halides is 2. The van der Waals surface area contributed by atoms with Crippen molar-refractivity contribution in [3.8, 4) is 0 Å². The highest BCUT2D eigenvalue weighted by Crippen LogP contribution is 2.22. The first-order valence-corrected chi connectivity index (χ1v) is 8.51. The first-order valence-electron chi connectivity index (χ1n) is 8.51. The monoisotopic (exact) mass is 365 g/mol. The fraction of sp³-hybridized carbons (Fsp3) is 0.765. The third kappa shape index (κ3) is 8.02. The molecule has 3 unspecified atom stereocenters. The van der Waals surface area contributed by atoms with Gasteiger partial charge in [-0.05, 0) is 25.7 Å². The average molecular weight is 365 g/mol. The number of hydrogen-bond donors (Lipinski definition) is 4. The largest absolute Gasteiger partial charge is 0.480 e. The molecular weight excluding hydrogens is 336 g/mol. The molecule has 6 nitrogen and oxygen atoms in total. The molecule has 0 amide bonds. The third-order valence-electron chi connectivity index (χ3n) is 4.10. The molecular formula is C17H29F2NO5. The molecule has 0 fully saturated rings. The molecule has 0 aliphatic carbocycles. The lowest BCUT2D eigenvalue weighted by Crippen LogP contribution is -2.65. The van der Waals surface area contributed by atoms with Gasteiger partial charge in [0, 0.05) is 12.8 Å². The van der Waals surface area contributed by atoms with E-state index in [1.54, 1.807) is 6.08 Å². The number of nitrogens with two attached hydrogens (primary N) is 1. The number of aliphatic hydroxyl groups is 2. The first-order chi connectivity index (χ1) is 11.7. The van der Waals surface area contributed by atoms with Gasteiger partial charge in [-0.2, -0.15) is 0 Å². The minimum atomic E-state index is -3.52. The van der Waals surface area contributed by atoms with Gasteiger partial charge < -0.3 is 21.1 Å². The molecule has 146 valence electrons. The van der Waals surface area contributed by atoms with E-state index in [1.165, 1.54) is 6.08 Å². The Morgan fingerprint density at radius 1 is 1.12 bits per heavy atom. The Bertz CT molecular complexity index is 445. The van der Waals surface area contributed by atoms with Gasteiger partial charge in [-0.25, -0.2) is 13.6 Å². The summed E-state index contributed by atoms with van der Waals surface area (Å²) in [5.41, 5.74) is 1.84. The summed E-state index contributed by atoms with van der Waals surface area (Å²) < 4.78 is 25.6. The molecule has 0 spiro atoms. The molecule has 0 heterocycles. The Morgan fingerprint density at radius 2 is 1.72 bits per heavy atom. The van der Waals surface area contributed by atoms with Gasteiger partial charge in [0.1, 0.15) is 11.9 Å². The van der Waals surface area contributed by atoms with Crippen molar-refractivity contribution in [2.75, 3.05) is 0 Å². The summed E-state index contributed by atoms with van der Waals surface area (Å²) in [6.07, 6.45) is 1.06. The Hall–Kier alpha value is -1.38. The lowest BCUT2D eigenvalue weighted by atomic mass is 9.89. The summed E-state index contributed by atoms with van der Waals surface area (Å²) in [4.78, 5) is 22.0. The number of Topliss-reactive ketones (excluding diaryl/α,β-unsaturated/α-hetero) is 1. The van der Waals surface area contributed by atoms with E-state index in [0.29, 0.717) is 19.3 Å². The minimum Gasteiger partial charge on any atom is -0.480 e.